The molecule has 3 aliphatic rings. The maximum absolute atomic E-state index is 13.2. The third kappa shape index (κ3) is 4.04. The van der Waals surface area contributed by atoms with Crippen molar-refractivity contribution < 1.29 is 18.7 Å². The fraction of sp³-hybridized carbons (Fsp3) is 0.500. The minimum Gasteiger partial charge on any atom is -0.492 e. The van der Waals surface area contributed by atoms with Gasteiger partial charge in [-0.2, -0.15) is 0 Å². The van der Waals surface area contributed by atoms with Gasteiger partial charge in [-0.1, -0.05) is 18.2 Å². The van der Waals surface area contributed by atoms with Crippen molar-refractivity contribution in [2.24, 2.45) is 28.7 Å². The van der Waals surface area contributed by atoms with Crippen molar-refractivity contribution in [1.82, 2.24) is 15.5 Å². The lowest BCUT2D eigenvalue weighted by molar-refractivity contribution is -0.140. The van der Waals surface area contributed by atoms with Crippen LogP contribution in [0.3, 0.4) is 0 Å². The highest BCUT2D eigenvalue weighted by Crippen LogP contribution is 2.52. The molecule has 2 N–H and O–H groups in total. The van der Waals surface area contributed by atoms with Crippen LogP contribution < -0.4 is 15.4 Å². The summed E-state index contributed by atoms with van der Waals surface area (Å²) in [5.74, 6) is 0.751. The maximum atomic E-state index is 13.2. The van der Waals surface area contributed by atoms with Crippen molar-refractivity contribution in [2.45, 2.75) is 13.3 Å². The number of nitrogens with zero attached hydrogens (tertiary/aromatic N) is 2. The number of carbonyl (C=O) groups excluding carboxylic acids is 2. The zero-order valence-electron chi connectivity index (χ0n) is 17.0. The second-order valence-corrected chi connectivity index (χ2v) is 7.82. The first-order valence-corrected chi connectivity index (χ1v) is 10.5. The molecule has 1 aromatic carbocycles. The Balaban J connectivity index is 1.25. The Bertz CT molecular complexity index is 842. The third-order valence-electron chi connectivity index (χ3n) is 5.96. The molecular formula is C22H27FN4O3. The van der Waals surface area contributed by atoms with Crippen LogP contribution in [0.25, 0.3) is 0 Å². The lowest BCUT2D eigenvalue weighted by Crippen LogP contribution is -2.40. The van der Waals surface area contributed by atoms with Crippen LogP contribution in [0.15, 0.2) is 41.4 Å². The number of halogens is 1. The van der Waals surface area contributed by atoms with Gasteiger partial charge < -0.3 is 15.4 Å². The first-order chi connectivity index (χ1) is 14.6. The van der Waals surface area contributed by atoms with E-state index < -0.39 is 0 Å². The van der Waals surface area contributed by atoms with E-state index in [1.54, 1.807) is 12.1 Å². The van der Waals surface area contributed by atoms with E-state index in [9.17, 15) is 14.0 Å². The number of carbonyl (C=O) groups is 2. The number of guanidine groups is 1. The normalized spacial score (nSPS) is 27.0. The minimum absolute atomic E-state index is 0.0431. The van der Waals surface area contributed by atoms with Crippen LogP contribution in [-0.2, 0) is 9.59 Å². The van der Waals surface area contributed by atoms with Crippen molar-refractivity contribution in [3.63, 3.8) is 0 Å². The number of fused-ring (bicyclic) bond motifs is 5. The molecule has 1 saturated heterocycles. The van der Waals surface area contributed by atoms with Crippen LogP contribution >= 0.6 is 0 Å². The van der Waals surface area contributed by atoms with Crippen LogP contribution in [0.2, 0.25) is 0 Å². The minimum atomic E-state index is -0.339. The summed E-state index contributed by atoms with van der Waals surface area (Å²) >= 11 is 0. The highest BCUT2D eigenvalue weighted by atomic mass is 19.1. The molecule has 4 atom stereocenters. The number of aliphatic imine (C=N–C) groups is 1. The van der Waals surface area contributed by atoms with Gasteiger partial charge in [0, 0.05) is 19.2 Å². The molecular weight excluding hydrogens is 387 g/mol. The van der Waals surface area contributed by atoms with Gasteiger partial charge in [-0.15, -0.1) is 0 Å². The predicted molar refractivity (Wildman–Crippen MR) is 110 cm³/mol. The average molecular weight is 414 g/mol. The highest BCUT2D eigenvalue weighted by Gasteiger charge is 2.58. The van der Waals surface area contributed by atoms with Gasteiger partial charge in [0.15, 0.2) is 5.96 Å². The molecule has 30 heavy (non-hydrogen) atoms. The molecule has 1 heterocycles. The number of allylic oxidation sites excluding steroid dienone is 2. The molecule has 160 valence electrons. The SMILES string of the molecule is CCNC(=NCCN1C(=O)C2C3C=CC(C3)C2C1=O)NCCOc1cccc(F)c1. The second kappa shape index (κ2) is 8.85. The Hall–Kier alpha value is -2.90. The van der Waals surface area contributed by atoms with Gasteiger partial charge in [0.05, 0.1) is 24.9 Å². The third-order valence-corrected chi connectivity index (χ3v) is 5.96. The molecule has 1 saturated carbocycles. The van der Waals surface area contributed by atoms with Crippen LogP contribution in [0.4, 0.5) is 4.39 Å². The number of hydrogen-bond donors (Lipinski definition) is 2. The summed E-state index contributed by atoms with van der Waals surface area (Å²) in [6.07, 6.45) is 5.13. The Morgan fingerprint density at radius 2 is 1.93 bits per heavy atom. The smallest absolute Gasteiger partial charge is 0.233 e. The maximum Gasteiger partial charge on any atom is 0.233 e. The van der Waals surface area contributed by atoms with Crippen molar-refractivity contribution >= 4 is 17.8 Å². The zero-order valence-corrected chi connectivity index (χ0v) is 17.0. The van der Waals surface area contributed by atoms with Crippen molar-refractivity contribution in [1.29, 1.82) is 0 Å². The highest BCUT2D eigenvalue weighted by molar-refractivity contribution is 6.06. The standard InChI is InChI=1S/C22H27FN4O3/c1-2-24-22(26-9-11-30-17-5-3-4-16(23)13-17)25-8-10-27-20(28)18-14-6-7-15(12-14)19(18)21(27)29/h3-7,13-15,18-19H,2,8-12H2,1H3,(H2,24,25,26). The topological polar surface area (TPSA) is 83.0 Å². The summed E-state index contributed by atoms with van der Waals surface area (Å²) < 4.78 is 18.7. The summed E-state index contributed by atoms with van der Waals surface area (Å²) in [5, 5.41) is 6.27. The van der Waals surface area contributed by atoms with E-state index in [0.29, 0.717) is 44.5 Å². The number of amides is 2. The Labute approximate surface area is 175 Å². The van der Waals surface area contributed by atoms with E-state index in [-0.39, 0.29) is 41.3 Å². The summed E-state index contributed by atoms with van der Waals surface area (Å²) in [6, 6.07) is 6.00. The number of nitrogens with one attached hydrogen (secondary N) is 2. The summed E-state index contributed by atoms with van der Waals surface area (Å²) in [4.78, 5) is 31.3. The lowest BCUT2D eigenvalue weighted by atomic mass is 9.85. The van der Waals surface area contributed by atoms with Crippen molar-refractivity contribution in [2.75, 3.05) is 32.8 Å². The number of hydrogen-bond acceptors (Lipinski definition) is 4. The average Bonchev–Trinajstić information content (AvgIpc) is 3.41. The van der Waals surface area contributed by atoms with E-state index in [4.69, 9.17) is 4.74 Å². The van der Waals surface area contributed by atoms with E-state index in [0.717, 1.165) is 6.42 Å². The first kappa shape index (κ1) is 20.4. The molecule has 2 aliphatic carbocycles. The van der Waals surface area contributed by atoms with Crippen LogP contribution in [-0.4, -0.2) is 55.5 Å². The van der Waals surface area contributed by atoms with Gasteiger partial charge in [-0.3, -0.25) is 19.5 Å². The molecule has 2 fully saturated rings. The van der Waals surface area contributed by atoms with Crippen LogP contribution in [0.1, 0.15) is 13.3 Å². The van der Waals surface area contributed by atoms with Gasteiger partial charge in [0.2, 0.25) is 11.8 Å². The molecule has 0 spiro atoms. The predicted octanol–water partition coefficient (Wildman–Crippen LogP) is 1.57. The molecule has 0 aromatic heterocycles. The van der Waals surface area contributed by atoms with Gasteiger partial charge in [-0.05, 0) is 37.3 Å². The van der Waals surface area contributed by atoms with E-state index in [2.05, 4.69) is 27.8 Å². The molecule has 2 amide bonds. The summed E-state index contributed by atoms with van der Waals surface area (Å²) in [5.41, 5.74) is 0. The van der Waals surface area contributed by atoms with Gasteiger partial charge in [0.1, 0.15) is 18.2 Å². The van der Waals surface area contributed by atoms with Crippen LogP contribution in [0.5, 0.6) is 5.75 Å². The quantitative estimate of drug-likeness (QED) is 0.222. The van der Waals surface area contributed by atoms with E-state index >= 15 is 0 Å². The fourth-order valence-corrected chi connectivity index (χ4v) is 4.68. The number of rotatable bonds is 8. The lowest BCUT2D eigenvalue weighted by Gasteiger charge is -2.17. The number of likely N-dealkylation sites (tertiary alicyclic amines) is 1. The molecule has 8 heteroatoms. The Kier molecular flexibility index (Phi) is 6.01. The molecule has 4 rings (SSSR count). The molecule has 2 bridgehead atoms. The molecule has 7 nitrogen and oxygen atoms in total. The molecule has 4 unspecified atom stereocenters. The largest absolute Gasteiger partial charge is 0.492 e. The van der Waals surface area contributed by atoms with Gasteiger partial charge in [-0.25, -0.2) is 4.39 Å². The molecule has 1 aromatic rings. The fourth-order valence-electron chi connectivity index (χ4n) is 4.68. The molecule has 1 aliphatic heterocycles. The second-order valence-electron chi connectivity index (χ2n) is 7.82. The number of benzene rings is 1. The number of ether oxygens (including phenoxy) is 1. The van der Waals surface area contributed by atoms with Crippen LogP contribution in [0, 0.1) is 29.5 Å². The van der Waals surface area contributed by atoms with Gasteiger partial charge in [0.25, 0.3) is 0 Å². The van der Waals surface area contributed by atoms with Crippen molar-refractivity contribution in [3.8, 4) is 5.75 Å². The summed E-state index contributed by atoms with van der Waals surface area (Å²) in [7, 11) is 0. The van der Waals surface area contributed by atoms with Gasteiger partial charge >= 0.3 is 0 Å². The first-order valence-electron chi connectivity index (χ1n) is 10.5. The Morgan fingerprint density at radius 1 is 1.20 bits per heavy atom. The molecule has 0 radical (unpaired) electrons. The van der Waals surface area contributed by atoms with E-state index in [1.807, 2.05) is 6.92 Å². The number of imide groups is 1. The zero-order chi connectivity index (χ0) is 21.1. The van der Waals surface area contributed by atoms with E-state index in [1.165, 1.54) is 17.0 Å². The Morgan fingerprint density at radius 3 is 2.60 bits per heavy atom. The summed E-state index contributed by atoms with van der Waals surface area (Å²) in [6.45, 7) is 4.08. The monoisotopic (exact) mass is 414 g/mol. The van der Waals surface area contributed by atoms with Crippen molar-refractivity contribution in [3.05, 3.63) is 42.2 Å².